The fourth-order valence-electron chi connectivity index (χ4n) is 3.17. The molecule has 1 aromatic heterocycles. The number of nitrogens with zero attached hydrogens (tertiary/aromatic N) is 2. The summed E-state index contributed by atoms with van der Waals surface area (Å²) >= 11 is 3.02. The number of thiazole rings is 1. The highest BCUT2D eigenvalue weighted by Crippen LogP contribution is 2.28. The predicted molar refractivity (Wildman–Crippen MR) is 121 cm³/mol. The molecule has 0 radical (unpaired) electrons. The smallest absolute Gasteiger partial charge is 0.244 e. The minimum absolute atomic E-state index is 0.209. The Morgan fingerprint density at radius 3 is 2.53 bits per heavy atom. The number of nitrogens with one attached hydrogen (secondary N) is 1. The number of thioether (sulfide) groups is 1. The zero-order chi connectivity index (χ0) is 21.0. The van der Waals surface area contributed by atoms with E-state index in [0.717, 1.165) is 16.3 Å². The van der Waals surface area contributed by atoms with Gasteiger partial charge in [-0.15, -0.1) is 23.1 Å². The summed E-state index contributed by atoms with van der Waals surface area (Å²) in [6.45, 7) is 0.414. The standard InChI is InChI=1S/C21H21N3O3S3/c25-20(19-14-28-15-24(19)30(26,27)18-9-5-2-6-10-18)22-12-11-17-13-29-21(23-17)16-7-3-1-4-8-16/h1-10,13,19H,11-12,14-15H2,(H,22,25). The second-order valence-electron chi connectivity index (χ2n) is 6.77. The normalized spacial score (nSPS) is 17.1. The van der Waals surface area contributed by atoms with E-state index in [4.69, 9.17) is 0 Å². The first-order valence-electron chi connectivity index (χ1n) is 9.48. The molecule has 1 atom stereocenters. The molecule has 0 aliphatic carbocycles. The third-order valence-corrected chi connectivity index (χ3v) is 8.73. The molecule has 1 aliphatic heterocycles. The van der Waals surface area contributed by atoms with Crippen LogP contribution in [0.15, 0.2) is 70.9 Å². The number of sulfonamides is 1. The lowest BCUT2D eigenvalue weighted by molar-refractivity contribution is -0.123. The Hall–Kier alpha value is -2.20. The molecule has 4 rings (SSSR count). The molecular weight excluding hydrogens is 438 g/mol. The van der Waals surface area contributed by atoms with Crippen LogP contribution in [-0.2, 0) is 21.2 Å². The molecule has 30 heavy (non-hydrogen) atoms. The molecule has 0 bridgehead atoms. The Kier molecular flexibility index (Phi) is 6.52. The number of hydrogen-bond donors (Lipinski definition) is 1. The summed E-state index contributed by atoms with van der Waals surface area (Å²) < 4.78 is 27.1. The summed E-state index contributed by atoms with van der Waals surface area (Å²) in [6, 6.07) is 17.5. The zero-order valence-electron chi connectivity index (χ0n) is 16.1. The second-order valence-corrected chi connectivity index (χ2v) is 10.5. The average molecular weight is 460 g/mol. The van der Waals surface area contributed by atoms with Gasteiger partial charge in [0.15, 0.2) is 0 Å². The predicted octanol–water partition coefficient (Wildman–Crippen LogP) is 3.23. The molecule has 6 nitrogen and oxygen atoms in total. The van der Waals surface area contributed by atoms with E-state index in [-0.39, 0.29) is 16.7 Å². The van der Waals surface area contributed by atoms with Crippen molar-refractivity contribution in [3.63, 3.8) is 0 Å². The minimum Gasteiger partial charge on any atom is -0.354 e. The van der Waals surface area contributed by atoms with Crippen molar-refractivity contribution in [3.05, 3.63) is 71.7 Å². The van der Waals surface area contributed by atoms with Crippen molar-refractivity contribution < 1.29 is 13.2 Å². The fraction of sp³-hybridized carbons (Fsp3) is 0.238. The summed E-state index contributed by atoms with van der Waals surface area (Å²) in [7, 11) is -3.70. The van der Waals surface area contributed by atoms with Crippen molar-refractivity contribution in [1.29, 1.82) is 0 Å². The molecule has 3 aromatic rings. The molecule has 1 saturated heterocycles. The first-order valence-corrected chi connectivity index (χ1v) is 13.0. The van der Waals surface area contributed by atoms with Gasteiger partial charge in [0.25, 0.3) is 0 Å². The van der Waals surface area contributed by atoms with Crippen LogP contribution >= 0.6 is 23.1 Å². The van der Waals surface area contributed by atoms with Gasteiger partial charge in [-0.25, -0.2) is 13.4 Å². The lowest BCUT2D eigenvalue weighted by Crippen LogP contribution is -2.47. The van der Waals surface area contributed by atoms with Crippen LogP contribution in [0, 0.1) is 0 Å². The molecule has 9 heteroatoms. The Morgan fingerprint density at radius 1 is 1.10 bits per heavy atom. The number of rotatable bonds is 7. The summed E-state index contributed by atoms with van der Waals surface area (Å²) in [5.74, 6) is 0.465. The van der Waals surface area contributed by atoms with Crippen LogP contribution < -0.4 is 5.32 Å². The van der Waals surface area contributed by atoms with Crippen molar-refractivity contribution in [2.24, 2.45) is 0 Å². The van der Waals surface area contributed by atoms with E-state index >= 15 is 0 Å². The topological polar surface area (TPSA) is 79.4 Å². The largest absolute Gasteiger partial charge is 0.354 e. The Bertz CT molecular complexity index is 1100. The van der Waals surface area contributed by atoms with Crippen molar-refractivity contribution in [3.8, 4) is 10.6 Å². The van der Waals surface area contributed by atoms with Gasteiger partial charge >= 0.3 is 0 Å². The lowest BCUT2D eigenvalue weighted by atomic mass is 10.2. The Balaban J connectivity index is 1.35. The summed E-state index contributed by atoms with van der Waals surface area (Å²) in [5, 5.41) is 5.82. The fourth-order valence-corrected chi connectivity index (χ4v) is 7.20. The number of carbonyl (C=O) groups excluding carboxylic acids is 1. The van der Waals surface area contributed by atoms with Gasteiger partial charge in [0.2, 0.25) is 15.9 Å². The molecule has 156 valence electrons. The number of amides is 1. The first-order chi connectivity index (χ1) is 14.6. The van der Waals surface area contributed by atoms with Crippen molar-refractivity contribution in [1.82, 2.24) is 14.6 Å². The number of hydrogen-bond acceptors (Lipinski definition) is 6. The zero-order valence-corrected chi connectivity index (χ0v) is 18.6. The first kappa shape index (κ1) is 21.0. The Labute approximate surface area is 184 Å². The maximum Gasteiger partial charge on any atom is 0.244 e. The number of aromatic nitrogens is 1. The summed E-state index contributed by atoms with van der Waals surface area (Å²) in [6.07, 6.45) is 0.598. The van der Waals surface area contributed by atoms with E-state index in [0.29, 0.717) is 18.7 Å². The van der Waals surface area contributed by atoms with Crippen molar-refractivity contribution in [2.45, 2.75) is 17.4 Å². The van der Waals surface area contributed by atoms with Crippen LogP contribution in [0.4, 0.5) is 0 Å². The van der Waals surface area contributed by atoms with Crippen LogP contribution in [0.25, 0.3) is 10.6 Å². The highest BCUT2D eigenvalue weighted by atomic mass is 32.2. The molecule has 0 saturated carbocycles. The van der Waals surface area contributed by atoms with Crippen LogP contribution in [-0.4, -0.2) is 47.8 Å². The molecule has 1 aliphatic rings. The van der Waals surface area contributed by atoms with Gasteiger partial charge in [-0.2, -0.15) is 4.31 Å². The van der Waals surface area contributed by atoms with Crippen molar-refractivity contribution >= 4 is 39.0 Å². The van der Waals surface area contributed by atoms with Gasteiger partial charge in [-0.1, -0.05) is 48.5 Å². The minimum atomic E-state index is -3.70. The Morgan fingerprint density at radius 2 is 1.80 bits per heavy atom. The third kappa shape index (κ3) is 4.59. The van der Waals surface area contributed by atoms with E-state index in [1.807, 2.05) is 35.7 Å². The van der Waals surface area contributed by atoms with E-state index in [2.05, 4.69) is 10.3 Å². The maximum atomic E-state index is 12.9. The SMILES string of the molecule is O=C(NCCc1csc(-c2ccccc2)n1)C1CSCN1S(=O)(=O)c1ccccc1. The second kappa shape index (κ2) is 9.30. The van der Waals surface area contributed by atoms with Gasteiger partial charge < -0.3 is 5.32 Å². The van der Waals surface area contributed by atoms with Crippen LogP contribution in [0.1, 0.15) is 5.69 Å². The molecule has 1 unspecified atom stereocenters. The molecule has 2 aromatic carbocycles. The number of benzene rings is 2. The summed E-state index contributed by atoms with van der Waals surface area (Å²) in [4.78, 5) is 17.5. The van der Waals surface area contributed by atoms with Gasteiger partial charge in [0.1, 0.15) is 11.0 Å². The number of carbonyl (C=O) groups is 1. The van der Waals surface area contributed by atoms with Gasteiger partial charge in [0, 0.05) is 29.7 Å². The van der Waals surface area contributed by atoms with Gasteiger partial charge in [-0.05, 0) is 12.1 Å². The van der Waals surface area contributed by atoms with E-state index in [9.17, 15) is 13.2 Å². The van der Waals surface area contributed by atoms with E-state index < -0.39 is 16.1 Å². The van der Waals surface area contributed by atoms with Crippen LogP contribution in [0.3, 0.4) is 0 Å². The molecule has 1 fully saturated rings. The molecule has 1 amide bonds. The van der Waals surface area contributed by atoms with Crippen LogP contribution in [0.2, 0.25) is 0 Å². The molecule has 1 N–H and O–H groups in total. The highest BCUT2D eigenvalue weighted by Gasteiger charge is 2.39. The van der Waals surface area contributed by atoms with Gasteiger partial charge in [-0.3, -0.25) is 4.79 Å². The monoisotopic (exact) mass is 459 g/mol. The third-order valence-electron chi connectivity index (χ3n) is 4.75. The maximum absolute atomic E-state index is 12.9. The van der Waals surface area contributed by atoms with Crippen molar-refractivity contribution in [2.75, 3.05) is 18.2 Å². The van der Waals surface area contributed by atoms with E-state index in [1.165, 1.54) is 16.1 Å². The molecular formula is C21H21N3O3S3. The lowest BCUT2D eigenvalue weighted by Gasteiger charge is -2.22. The average Bonchev–Trinajstić information content (AvgIpc) is 3.45. The molecule has 2 heterocycles. The van der Waals surface area contributed by atoms with Gasteiger partial charge in [0.05, 0.1) is 16.5 Å². The highest BCUT2D eigenvalue weighted by molar-refractivity contribution is 8.00. The summed E-state index contributed by atoms with van der Waals surface area (Å²) in [5.41, 5.74) is 1.98. The quantitative estimate of drug-likeness (QED) is 0.587. The van der Waals surface area contributed by atoms with E-state index in [1.54, 1.807) is 41.7 Å². The van der Waals surface area contributed by atoms with Crippen LogP contribution in [0.5, 0.6) is 0 Å². The molecule has 0 spiro atoms.